The second kappa shape index (κ2) is 7.24. The number of H-pyrrole nitrogens is 1. The summed E-state index contributed by atoms with van der Waals surface area (Å²) < 4.78 is 28.8. The molecule has 0 aliphatic heterocycles. The van der Waals surface area contributed by atoms with Crippen LogP contribution in [0, 0.1) is 0 Å². The molecule has 0 aliphatic carbocycles. The fourth-order valence-corrected chi connectivity index (χ4v) is 3.57. The number of carbonyl (C=O) groups is 1. The third-order valence-corrected chi connectivity index (χ3v) is 5.21. The predicted molar refractivity (Wildman–Crippen MR) is 102 cm³/mol. The highest BCUT2D eigenvalue weighted by molar-refractivity contribution is 7.90. The monoisotopic (exact) mass is 386 g/mol. The maximum atomic E-state index is 12.4. The van der Waals surface area contributed by atoms with Crippen LogP contribution >= 0.6 is 0 Å². The first-order valence-electron chi connectivity index (χ1n) is 8.07. The molecule has 2 N–H and O–H groups in total. The fraction of sp³-hybridized carbons (Fsp3) is 0.158. The van der Waals surface area contributed by atoms with Crippen LogP contribution in [0.2, 0.25) is 0 Å². The molecule has 0 unspecified atom stereocenters. The second-order valence-corrected chi connectivity index (χ2v) is 8.02. The molecule has 2 aromatic carbocycles. The van der Waals surface area contributed by atoms with Crippen molar-refractivity contribution in [2.24, 2.45) is 0 Å². The summed E-state index contributed by atoms with van der Waals surface area (Å²) in [5.41, 5.74) is 0.985. The van der Waals surface area contributed by atoms with Crippen molar-refractivity contribution >= 4 is 26.6 Å². The van der Waals surface area contributed by atoms with Crippen LogP contribution in [-0.2, 0) is 16.4 Å². The van der Waals surface area contributed by atoms with Gasteiger partial charge in [0.1, 0.15) is 10.6 Å². The number of fused-ring (bicyclic) bond motifs is 1. The van der Waals surface area contributed by atoms with Crippen LogP contribution in [0.15, 0.2) is 58.2 Å². The van der Waals surface area contributed by atoms with Crippen LogP contribution in [0.1, 0.15) is 15.9 Å². The lowest BCUT2D eigenvalue weighted by molar-refractivity contribution is 0.0950. The normalized spacial score (nSPS) is 11.3. The molecular formula is C19H18N2O5S. The summed E-state index contributed by atoms with van der Waals surface area (Å²) in [5, 5.41) is 3.49. The number of aromatic amines is 1. The zero-order valence-electron chi connectivity index (χ0n) is 14.8. The molecule has 0 fully saturated rings. The number of ether oxygens (including phenoxy) is 1. The Morgan fingerprint density at radius 3 is 2.59 bits per heavy atom. The summed E-state index contributed by atoms with van der Waals surface area (Å²) in [7, 11) is -2.20. The second-order valence-electron chi connectivity index (χ2n) is 6.03. The Labute approximate surface area is 155 Å². The van der Waals surface area contributed by atoms with Crippen molar-refractivity contribution in [2.75, 3.05) is 13.4 Å². The van der Waals surface area contributed by atoms with Crippen molar-refractivity contribution in [2.45, 2.75) is 11.4 Å². The Morgan fingerprint density at radius 1 is 1.15 bits per heavy atom. The molecular weight excluding hydrogens is 368 g/mol. The van der Waals surface area contributed by atoms with Gasteiger partial charge in [-0.05, 0) is 35.7 Å². The minimum Gasteiger partial charge on any atom is -0.495 e. The molecule has 0 atom stereocenters. The van der Waals surface area contributed by atoms with Gasteiger partial charge in [0.25, 0.3) is 11.5 Å². The van der Waals surface area contributed by atoms with E-state index in [0.29, 0.717) is 11.1 Å². The number of nitrogens with one attached hydrogen (secondary N) is 2. The van der Waals surface area contributed by atoms with Gasteiger partial charge in [-0.15, -0.1) is 0 Å². The topological polar surface area (TPSA) is 105 Å². The minimum atomic E-state index is -3.56. The van der Waals surface area contributed by atoms with Gasteiger partial charge in [0, 0.05) is 29.4 Å². The van der Waals surface area contributed by atoms with E-state index in [-0.39, 0.29) is 28.3 Å². The Bertz CT molecular complexity index is 1180. The molecule has 3 aromatic rings. The summed E-state index contributed by atoms with van der Waals surface area (Å²) in [4.78, 5) is 27.3. The lowest BCUT2D eigenvalue weighted by Gasteiger charge is -2.10. The molecule has 0 bridgehead atoms. The Balaban J connectivity index is 1.84. The first-order chi connectivity index (χ1) is 12.8. The molecule has 27 heavy (non-hydrogen) atoms. The summed E-state index contributed by atoms with van der Waals surface area (Å²) in [6, 6.07) is 13.2. The zero-order valence-corrected chi connectivity index (χ0v) is 15.6. The van der Waals surface area contributed by atoms with E-state index in [2.05, 4.69) is 10.3 Å². The molecule has 1 heterocycles. The molecule has 140 valence electrons. The summed E-state index contributed by atoms with van der Waals surface area (Å²) >= 11 is 0. The van der Waals surface area contributed by atoms with Gasteiger partial charge < -0.3 is 15.0 Å². The van der Waals surface area contributed by atoms with Crippen LogP contribution in [0.25, 0.3) is 10.9 Å². The minimum absolute atomic E-state index is 0.0131. The lowest BCUT2D eigenvalue weighted by Crippen LogP contribution is -2.26. The number of carbonyl (C=O) groups excluding carboxylic acids is 1. The molecule has 1 amide bonds. The van der Waals surface area contributed by atoms with Crippen molar-refractivity contribution in [3.8, 4) is 5.75 Å². The van der Waals surface area contributed by atoms with Gasteiger partial charge in [-0.1, -0.05) is 18.2 Å². The van der Waals surface area contributed by atoms with Crippen LogP contribution < -0.4 is 15.6 Å². The van der Waals surface area contributed by atoms with Gasteiger partial charge >= 0.3 is 0 Å². The number of amides is 1. The number of benzene rings is 2. The van der Waals surface area contributed by atoms with Crippen molar-refractivity contribution in [1.82, 2.24) is 10.3 Å². The number of hydrogen-bond acceptors (Lipinski definition) is 5. The maximum Gasteiger partial charge on any atom is 0.253 e. The van der Waals surface area contributed by atoms with Crippen LogP contribution in [0.3, 0.4) is 0 Å². The largest absolute Gasteiger partial charge is 0.495 e. The van der Waals surface area contributed by atoms with E-state index in [0.717, 1.165) is 11.6 Å². The van der Waals surface area contributed by atoms with Gasteiger partial charge in [0.05, 0.1) is 7.11 Å². The lowest BCUT2D eigenvalue weighted by atomic mass is 10.1. The van der Waals surface area contributed by atoms with Gasteiger partial charge in [-0.25, -0.2) is 8.42 Å². The fourth-order valence-electron chi connectivity index (χ4n) is 2.71. The molecule has 8 heteroatoms. The highest BCUT2D eigenvalue weighted by atomic mass is 32.2. The van der Waals surface area contributed by atoms with Crippen molar-refractivity contribution < 1.29 is 17.9 Å². The Morgan fingerprint density at radius 2 is 1.89 bits per heavy atom. The molecule has 7 nitrogen and oxygen atoms in total. The van der Waals surface area contributed by atoms with Gasteiger partial charge in [-0.3, -0.25) is 9.59 Å². The van der Waals surface area contributed by atoms with Gasteiger partial charge in [-0.2, -0.15) is 0 Å². The van der Waals surface area contributed by atoms with Crippen LogP contribution in [0.5, 0.6) is 5.75 Å². The molecule has 0 saturated carbocycles. The Hall–Kier alpha value is -3.13. The van der Waals surface area contributed by atoms with Crippen molar-refractivity contribution in [3.63, 3.8) is 0 Å². The number of rotatable bonds is 5. The molecule has 3 rings (SSSR count). The van der Waals surface area contributed by atoms with E-state index in [1.54, 1.807) is 12.1 Å². The first kappa shape index (κ1) is 18.7. The molecule has 1 aromatic heterocycles. The smallest absolute Gasteiger partial charge is 0.253 e. The number of hydrogen-bond donors (Lipinski definition) is 2. The quantitative estimate of drug-likeness (QED) is 0.696. The average Bonchev–Trinajstić information content (AvgIpc) is 2.64. The third-order valence-electron chi connectivity index (χ3n) is 4.10. The average molecular weight is 386 g/mol. The van der Waals surface area contributed by atoms with E-state index in [9.17, 15) is 18.0 Å². The van der Waals surface area contributed by atoms with E-state index in [1.807, 2.05) is 18.2 Å². The van der Waals surface area contributed by atoms with Gasteiger partial charge in [0.2, 0.25) is 0 Å². The van der Waals surface area contributed by atoms with E-state index in [4.69, 9.17) is 4.74 Å². The maximum absolute atomic E-state index is 12.4. The summed E-state index contributed by atoms with van der Waals surface area (Å²) in [6.45, 7) is 0.0131. The predicted octanol–water partition coefficient (Wildman–Crippen LogP) is 1.87. The molecule has 0 aliphatic rings. The molecule has 0 saturated heterocycles. The first-order valence-corrected chi connectivity index (χ1v) is 9.96. The standard InChI is InChI=1S/C19H18N2O5S/c1-26-16-8-7-13(10-17(16)27(2,24)25)18(22)20-11-14-9-12-5-3-4-6-15(12)21-19(14)23/h3-10H,11H2,1-2H3,(H,20,22)(H,21,23). The number of pyridine rings is 1. The van der Waals surface area contributed by atoms with E-state index < -0.39 is 15.7 Å². The van der Waals surface area contributed by atoms with Crippen molar-refractivity contribution in [3.05, 3.63) is 70.0 Å². The van der Waals surface area contributed by atoms with Crippen LogP contribution in [-0.4, -0.2) is 32.7 Å². The third kappa shape index (κ3) is 4.01. The van der Waals surface area contributed by atoms with Crippen molar-refractivity contribution in [1.29, 1.82) is 0 Å². The summed E-state index contributed by atoms with van der Waals surface area (Å²) in [6.07, 6.45) is 1.04. The highest BCUT2D eigenvalue weighted by Gasteiger charge is 2.17. The zero-order chi connectivity index (χ0) is 19.6. The number of para-hydroxylation sites is 1. The van der Waals surface area contributed by atoms with E-state index >= 15 is 0 Å². The number of sulfone groups is 1. The van der Waals surface area contributed by atoms with Gasteiger partial charge in [0.15, 0.2) is 9.84 Å². The summed E-state index contributed by atoms with van der Waals surface area (Å²) in [5.74, 6) is -0.324. The number of aromatic nitrogens is 1. The Kier molecular flexibility index (Phi) is 5.00. The molecule has 0 radical (unpaired) electrons. The SMILES string of the molecule is COc1ccc(C(=O)NCc2cc3ccccc3[nH]c2=O)cc1S(C)(=O)=O. The van der Waals surface area contributed by atoms with Crippen LogP contribution in [0.4, 0.5) is 0 Å². The highest BCUT2D eigenvalue weighted by Crippen LogP contribution is 2.24. The molecule has 0 spiro atoms. The van der Waals surface area contributed by atoms with E-state index in [1.165, 1.54) is 25.3 Å². The number of methoxy groups -OCH3 is 1.